The minimum Gasteiger partial charge on any atom is -0.508 e. The van der Waals surface area contributed by atoms with Gasteiger partial charge < -0.3 is 9.84 Å². The monoisotopic (exact) mass is 338 g/mol. The molecule has 0 saturated heterocycles. The van der Waals surface area contributed by atoms with E-state index in [1.165, 1.54) is 0 Å². The van der Waals surface area contributed by atoms with Crippen LogP contribution in [0.1, 0.15) is 69.9 Å². The number of rotatable bonds is 4. The Labute approximate surface area is 143 Å². The fourth-order valence-electron chi connectivity index (χ4n) is 4.35. The Bertz CT molecular complexity index is 600. The van der Waals surface area contributed by atoms with E-state index < -0.39 is 12.0 Å². The summed E-state index contributed by atoms with van der Waals surface area (Å²) in [5, 5.41) is 10.5. The lowest BCUT2D eigenvalue weighted by Gasteiger charge is -2.45. The molecule has 1 N–H and O–H groups in total. The molecule has 0 spiro atoms. The van der Waals surface area contributed by atoms with Crippen molar-refractivity contribution >= 4 is 0 Å². The number of ether oxygens (including phenoxy) is 1. The van der Waals surface area contributed by atoms with E-state index in [4.69, 9.17) is 4.74 Å². The quantitative estimate of drug-likeness (QED) is 0.695. The van der Waals surface area contributed by atoms with Gasteiger partial charge in [-0.05, 0) is 55.2 Å². The maximum absolute atomic E-state index is 14.6. The number of fused-ring (bicyclic) bond motifs is 3. The molecule has 0 radical (unpaired) electrons. The smallest absolute Gasteiger partial charge is 0.401 e. The van der Waals surface area contributed by atoms with Crippen LogP contribution in [-0.4, -0.2) is 11.2 Å². The van der Waals surface area contributed by atoms with Gasteiger partial charge in [-0.25, -0.2) is 0 Å². The molecular weight excluding hydrogens is 310 g/mol. The van der Waals surface area contributed by atoms with Crippen molar-refractivity contribution in [2.45, 2.75) is 71.3 Å². The molecule has 4 unspecified atom stereocenters. The number of alkyl halides is 2. The molecule has 1 aromatic carbocycles. The van der Waals surface area contributed by atoms with Crippen LogP contribution in [0.2, 0.25) is 0 Å². The molecular formula is C20H28F2O2. The Morgan fingerprint density at radius 2 is 1.88 bits per heavy atom. The minimum absolute atomic E-state index is 0.131. The Kier molecular flexibility index (Phi) is 4.76. The molecule has 1 aromatic rings. The van der Waals surface area contributed by atoms with E-state index in [1.807, 2.05) is 6.92 Å². The highest BCUT2D eigenvalue weighted by atomic mass is 19.3. The van der Waals surface area contributed by atoms with E-state index in [9.17, 15) is 13.9 Å². The Morgan fingerprint density at radius 1 is 1.17 bits per heavy atom. The Hall–Kier alpha value is -1.32. The first kappa shape index (κ1) is 17.5. The van der Waals surface area contributed by atoms with Crippen molar-refractivity contribution in [1.82, 2.24) is 0 Å². The number of halogens is 2. The van der Waals surface area contributed by atoms with Gasteiger partial charge in [0.15, 0.2) is 0 Å². The van der Waals surface area contributed by atoms with Crippen molar-refractivity contribution in [2.75, 3.05) is 0 Å². The third kappa shape index (κ3) is 3.12. The third-order valence-electron chi connectivity index (χ3n) is 6.01. The van der Waals surface area contributed by atoms with Crippen molar-refractivity contribution < 1.29 is 18.6 Å². The summed E-state index contributed by atoms with van der Waals surface area (Å²) in [6.45, 7) is 6.27. The van der Waals surface area contributed by atoms with Gasteiger partial charge in [0.1, 0.15) is 11.5 Å². The summed E-state index contributed by atoms with van der Waals surface area (Å²) in [5.74, 6) is -0.220. The molecule has 134 valence electrons. The van der Waals surface area contributed by atoms with Crippen LogP contribution in [-0.2, 0) is 6.42 Å². The summed E-state index contributed by atoms with van der Waals surface area (Å²) in [7, 11) is 0. The van der Waals surface area contributed by atoms with Gasteiger partial charge in [-0.1, -0.05) is 33.6 Å². The van der Waals surface area contributed by atoms with Gasteiger partial charge in [-0.2, -0.15) is 8.78 Å². The van der Waals surface area contributed by atoms with Crippen LogP contribution in [0.5, 0.6) is 11.5 Å². The van der Waals surface area contributed by atoms with Crippen LogP contribution in [0, 0.1) is 17.8 Å². The predicted octanol–water partition coefficient (Wildman–Crippen LogP) is 5.88. The predicted molar refractivity (Wildman–Crippen MR) is 90.7 cm³/mol. The molecule has 2 aliphatic rings. The van der Waals surface area contributed by atoms with Gasteiger partial charge in [0.05, 0.1) is 5.92 Å². The Morgan fingerprint density at radius 3 is 2.58 bits per heavy atom. The fourth-order valence-corrected chi connectivity index (χ4v) is 4.35. The van der Waals surface area contributed by atoms with E-state index in [-0.39, 0.29) is 23.3 Å². The number of phenols is 1. The number of hydrogen-bond donors (Lipinski definition) is 1. The standard InChI is InChI=1S/C20H28F2O2/c1-4-5-6-7-14-10-17(23)19-15-8-12(2)13(3)9-16(15)20(21,22)24-18(19)11-14/h10-13,15-16,23H,4-9H2,1-3H3. The molecule has 0 aromatic heterocycles. The van der Waals surface area contributed by atoms with Gasteiger partial charge in [-0.15, -0.1) is 0 Å². The summed E-state index contributed by atoms with van der Waals surface area (Å²) in [5.41, 5.74) is 1.48. The topological polar surface area (TPSA) is 29.5 Å². The van der Waals surface area contributed by atoms with Crippen molar-refractivity contribution in [3.8, 4) is 11.5 Å². The van der Waals surface area contributed by atoms with Crippen molar-refractivity contribution in [2.24, 2.45) is 17.8 Å². The number of phenolic OH excluding ortho intramolecular Hbond substituents is 1. The molecule has 1 aliphatic carbocycles. The van der Waals surface area contributed by atoms with E-state index in [2.05, 4.69) is 13.8 Å². The van der Waals surface area contributed by atoms with Crippen LogP contribution in [0.25, 0.3) is 0 Å². The first-order valence-corrected chi connectivity index (χ1v) is 9.26. The second-order valence-electron chi connectivity index (χ2n) is 7.79. The summed E-state index contributed by atoms with van der Waals surface area (Å²) < 4.78 is 34.3. The normalized spacial score (nSPS) is 31.0. The molecule has 1 heterocycles. The largest absolute Gasteiger partial charge is 0.508 e. The number of unbranched alkanes of at least 4 members (excludes halogenated alkanes) is 2. The molecule has 1 saturated carbocycles. The third-order valence-corrected chi connectivity index (χ3v) is 6.01. The number of benzene rings is 1. The van der Waals surface area contributed by atoms with Crippen LogP contribution < -0.4 is 4.74 Å². The van der Waals surface area contributed by atoms with E-state index >= 15 is 0 Å². The first-order valence-electron chi connectivity index (χ1n) is 9.26. The lowest BCUT2D eigenvalue weighted by atomic mass is 9.65. The fraction of sp³-hybridized carbons (Fsp3) is 0.700. The number of aromatic hydroxyl groups is 1. The van der Waals surface area contributed by atoms with Crippen LogP contribution in [0.4, 0.5) is 8.78 Å². The highest BCUT2D eigenvalue weighted by molar-refractivity contribution is 5.51. The molecule has 24 heavy (non-hydrogen) atoms. The SMILES string of the molecule is CCCCCc1cc(O)c2c(c1)OC(F)(F)C1CC(C)C(C)CC21. The molecule has 4 atom stereocenters. The maximum atomic E-state index is 14.6. The van der Waals surface area contributed by atoms with Gasteiger partial charge >= 0.3 is 6.11 Å². The molecule has 0 bridgehead atoms. The molecule has 0 amide bonds. The number of hydrogen-bond acceptors (Lipinski definition) is 2. The zero-order valence-electron chi connectivity index (χ0n) is 14.8. The van der Waals surface area contributed by atoms with Gasteiger partial charge in [0, 0.05) is 11.5 Å². The van der Waals surface area contributed by atoms with Crippen molar-refractivity contribution in [1.29, 1.82) is 0 Å². The lowest BCUT2D eigenvalue weighted by Crippen LogP contribution is -2.46. The molecule has 2 nitrogen and oxygen atoms in total. The molecule has 4 heteroatoms. The Balaban J connectivity index is 1.95. The average molecular weight is 338 g/mol. The molecule has 1 aliphatic heterocycles. The van der Waals surface area contributed by atoms with Crippen molar-refractivity contribution in [3.05, 3.63) is 23.3 Å². The van der Waals surface area contributed by atoms with Crippen LogP contribution in [0.3, 0.4) is 0 Å². The summed E-state index contributed by atoms with van der Waals surface area (Å²) in [6.07, 6.45) is 1.94. The lowest BCUT2D eigenvalue weighted by molar-refractivity contribution is -0.241. The van der Waals surface area contributed by atoms with E-state index in [0.717, 1.165) is 31.2 Å². The zero-order chi connectivity index (χ0) is 17.5. The van der Waals surface area contributed by atoms with Gasteiger partial charge in [0.25, 0.3) is 0 Å². The minimum atomic E-state index is -3.15. The van der Waals surface area contributed by atoms with Crippen LogP contribution in [0.15, 0.2) is 12.1 Å². The maximum Gasteiger partial charge on any atom is 0.401 e. The van der Waals surface area contributed by atoms with Gasteiger partial charge in [0.2, 0.25) is 0 Å². The highest BCUT2D eigenvalue weighted by Gasteiger charge is 2.55. The summed E-state index contributed by atoms with van der Waals surface area (Å²) in [6, 6.07) is 3.47. The summed E-state index contributed by atoms with van der Waals surface area (Å²) in [4.78, 5) is 0. The van der Waals surface area contributed by atoms with E-state index in [1.54, 1.807) is 12.1 Å². The van der Waals surface area contributed by atoms with Crippen LogP contribution >= 0.6 is 0 Å². The van der Waals surface area contributed by atoms with E-state index in [0.29, 0.717) is 24.3 Å². The second-order valence-corrected chi connectivity index (χ2v) is 7.79. The highest BCUT2D eigenvalue weighted by Crippen LogP contribution is 2.57. The molecule has 1 fully saturated rings. The first-order chi connectivity index (χ1) is 11.3. The molecule has 3 rings (SSSR count). The van der Waals surface area contributed by atoms with Gasteiger partial charge in [-0.3, -0.25) is 0 Å². The number of aryl methyl sites for hydroxylation is 1. The second kappa shape index (κ2) is 6.53. The zero-order valence-corrected chi connectivity index (χ0v) is 14.8. The van der Waals surface area contributed by atoms with Crippen molar-refractivity contribution in [3.63, 3.8) is 0 Å². The average Bonchev–Trinajstić information content (AvgIpc) is 2.49. The summed E-state index contributed by atoms with van der Waals surface area (Å²) >= 11 is 0.